The summed E-state index contributed by atoms with van der Waals surface area (Å²) >= 11 is 6.27. The van der Waals surface area contributed by atoms with E-state index in [0.717, 1.165) is 5.56 Å². The number of amides is 2. The smallest absolute Gasteiger partial charge is 0.326 e. The average molecular weight is 419 g/mol. The number of rotatable bonds is 3. The molecule has 0 aliphatic carbocycles. The minimum Gasteiger partial charge on any atom is -0.495 e. The largest absolute Gasteiger partial charge is 0.495 e. The molecule has 2 amide bonds. The minimum atomic E-state index is -0.534. The Balaban J connectivity index is 1.74. The van der Waals surface area contributed by atoms with Gasteiger partial charge in [-0.25, -0.2) is 14.0 Å². The van der Waals surface area contributed by atoms with Crippen LogP contribution >= 0.6 is 11.6 Å². The van der Waals surface area contributed by atoms with Crippen molar-refractivity contribution in [2.75, 3.05) is 13.7 Å². The van der Waals surface area contributed by atoms with Crippen molar-refractivity contribution < 1.29 is 13.9 Å². The van der Waals surface area contributed by atoms with Crippen LogP contribution in [0.25, 0.3) is 11.0 Å². The number of carbonyl (C=O) groups excluding carboxylic acids is 1. The highest BCUT2D eigenvalue weighted by molar-refractivity contribution is 6.32. The Kier molecular flexibility index (Phi) is 4.96. The van der Waals surface area contributed by atoms with Gasteiger partial charge in [-0.1, -0.05) is 17.7 Å². The van der Waals surface area contributed by atoms with Crippen LogP contribution in [0.3, 0.4) is 0 Å². The number of aromatic amines is 1. The van der Waals surface area contributed by atoms with Crippen LogP contribution in [0.5, 0.6) is 5.75 Å². The lowest BCUT2D eigenvalue weighted by Gasteiger charge is -2.39. The number of imidazole rings is 1. The molecule has 2 unspecified atom stereocenters. The lowest BCUT2D eigenvalue weighted by molar-refractivity contribution is 0.136. The number of nitrogens with one attached hydrogen (secondary N) is 1. The SMILES string of the molecule is COc1ccc(C2CC(n3c(=O)[nH]c4cc(F)ccc43)CCN2C(N)=O)cc1Cl. The zero-order chi connectivity index (χ0) is 20.7. The summed E-state index contributed by atoms with van der Waals surface area (Å²) in [4.78, 5) is 28.9. The van der Waals surface area contributed by atoms with Gasteiger partial charge >= 0.3 is 11.7 Å². The molecule has 152 valence electrons. The Morgan fingerprint density at radius 2 is 2.10 bits per heavy atom. The molecule has 29 heavy (non-hydrogen) atoms. The van der Waals surface area contributed by atoms with E-state index < -0.39 is 11.8 Å². The molecule has 4 rings (SSSR count). The Bertz CT molecular complexity index is 1140. The van der Waals surface area contributed by atoms with Crippen molar-refractivity contribution in [3.05, 3.63) is 63.3 Å². The maximum atomic E-state index is 13.5. The lowest BCUT2D eigenvalue weighted by atomic mass is 9.91. The standard InChI is InChI=1S/C20H20ClFN4O3/c1-29-18-5-2-11(8-14(18)21)17-10-13(6-7-25(17)19(23)27)26-16-4-3-12(22)9-15(16)24-20(26)28/h2-5,8-9,13,17H,6-7,10H2,1H3,(H2,23,27)(H,24,28). The topological polar surface area (TPSA) is 93.3 Å². The number of hydrogen-bond donors (Lipinski definition) is 2. The first-order valence-electron chi connectivity index (χ1n) is 9.18. The monoisotopic (exact) mass is 418 g/mol. The number of primary amides is 1. The number of H-pyrrole nitrogens is 1. The van der Waals surface area contributed by atoms with Gasteiger partial charge in [-0.3, -0.25) is 4.57 Å². The lowest BCUT2D eigenvalue weighted by Crippen LogP contribution is -2.45. The molecule has 7 nitrogen and oxygen atoms in total. The summed E-state index contributed by atoms with van der Waals surface area (Å²) in [5.74, 6) is 0.114. The molecular weight excluding hydrogens is 399 g/mol. The summed E-state index contributed by atoms with van der Waals surface area (Å²) in [6, 6.07) is 8.45. The second-order valence-corrected chi connectivity index (χ2v) is 7.49. The molecule has 0 bridgehead atoms. The van der Waals surface area contributed by atoms with Gasteiger partial charge in [0.05, 0.1) is 29.2 Å². The summed E-state index contributed by atoms with van der Waals surface area (Å²) in [5, 5.41) is 0.427. The van der Waals surface area contributed by atoms with E-state index in [2.05, 4.69) is 4.98 Å². The first kappa shape index (κ1) is 19.3. The van der Waals surface area contributed by atoms with E-state index in [-0.39, 0.29) is 17.8 Å². The van der Waals surface area contributed by atoms with Gasteiger partial charge in [0, 0.05) is 12.6 Å². The molecule has 3 N–H and O–H groups in total. The Morgan fingerprint density at radius 3 is 2.79 bits per heavy atom. The number of urea groups is 1. The summed E-state index contributed by atoms with van der Waals surface area (Å²) < 4.78 is 20.4. The molecule has 1 saturated heterocycles. The number of nitrogens with zero attached hydrogens (tertiary/aromatic N) is 2. The number of methoxy groups -OCH3 is 1. The fraction of sp³-hybridized carbons (Fsp3) is 0.300. The number of halogens is 2. The summed E-state index contributed by atoms with van der Waals surface area (Å²) in [7, 11) is 1.53. The molecule has 1 aliphatic rings. The molecule has 9 heteroatoms. The van der Waals surface area contributed by atoms with Gasteiger partial charge in [0.2, 0.25) is 0 Å². The first-order chi connectivity index (χ1) is 13.9. The number of fused-ring (bicyclic) bond motifs is 1. The van der Waals surface area contributed by atoms with Crippen molar-refractivity contribution in [1.29, 1.82) is 0 Å². The van der Waals surface area contributed by atoms with Crippen molar-refractivity contribution in [3.63, 3.8) is 0 Å². The van der Waals surface area contributed by atoms with Crippen LogP contribution in [0.15, 0.2) is 41.2 Å². The van der Waals surface area contributed by atoms with E-state index >= 15 is 0 Å². The number of nitrogens with two attached hydrogens (primary N) is 1. The number of carbonyl (C=O) groups is 1. The maximum absolute atomic E-state index is 13.5. The molecule has 0 saturated carbocycles. The van der Waals surface area contributed by atoms with Crippen LogP contribution in [0.4, 0.5) is 9.18 Å². The number of hydrogen-bond acceptors (Lipinski definition) is 3. The average Bonchev–Trinajstić information content (AvgIpc) is 3.02. The third-order valence-corrected chi connectivity index (χ3v) is 5.76. The molecule has 2 heterocycles. The highest BCUT2D eigenvalue weighted by atomic mass is 35.5. The predicted octanol–water partition coefficient (Wildman–Crippen LogP) is 3.59. The normalized spacial score (nSPS) is 19.5. The molecule has 0 spiro atoms. The number of likely N-dealkylation sites (tertiary alicyclic amines) is 1. The van der Waals surface area contributed by atoms with Crippen LogP contribution in [0.2, 0.25) is 5.02 Å². The fourth-order valence-corrected chi connectivity index (χ4v) is 4.38. The summed E-state index contributed by atoms with van der Waals surface area (Å²) in [6.07, 6.45) is 1.02. The van der Waals surface area contributed by atoms with Crippen LogP contribution in [0.1, 0.15) is 30.5 Å². The van der Waals surface area contributed by atoms with Crippen molar-refractivity contribution >= 4 is 28.7 Å². The van der Waals surface area contributed by atoms with E-state index in [4.69, 9.17) is 22.1 Å². The maximum Gasteiger partial charge on any atom is 0.326 e. The van der Waals surface area contributed by atoms with Crippen molar-refractivity contribution in [1.82, 2.24) is 14.5 Å². The highest BCUT2D eigenvalue weighted by Gasteiger charge is 2.34. The van der Waals surface area contributed by atoms with Crippen LogP contribution in [-0.4, -0.2) is 34.1 Å². The molecule has 0 radical (unpaired) electrons. The van der Waals surface area contributed by atoms with Crippen molar-refractivity contribution in [3.8, 4) is 5.75 Å². The molecule has 2 atom stereocenters. The van der Waals surface area contributed by atoms with E-state index in [0.29, 0.717) is 41.2 Å². The number of piperidine rings is 1. The van der Waals surface area contributed by atoms with Gasteiger partial charge in [0.15, 0.2) is 0 Å². The number of benzene rings is 2. The molecule has 1 aromatic heterocycles. The Labute approximate surface area is 170 Å². The van der Waals surface area contributed by atoms with Gasteiger partial charge in [0.1, 0.15) is 11.6 Å². The Hall–Kier alpha value is -3.00. The summed E-state index contributed by atoms with van der Waals surface area (Å²) in [5.41, 5.74) is 7.16. The third-order valence-electron chi connectivity index (χ3n) is 5.46. The highest BCUT2D eigenvalue weighted by Crippen LogP contribution is 2.39. The first-order valence-corrected chi connectivity index (χ1v) is 9.56. The number of ether oxygens (including phenoxy) is 1. The van der Waals surface area contributed by atoms with Crippen molar-refractivity contribution in [2.45, 2.75) is 24.9 Å². The zero-order valence-electron chi connectivity index (χ0n) is 15.7. The zero-order valence-corrected chi connectivity index (χ0v) is 16.4. The molecule has 1 aliphatic heterocycles. The van der Waals surface area contributed by atoms with Crippen LogP contribution in [-0.2, 0) is 0 Å². The van der Waals surface area contributed by atoms with Gasteiger partial charge < -0.3 is 20.4 Å². The van der Waals surface area contributed by atoms with E-state index in [1.165, 1.54) is 19.2 Å². The van der Waals surface area contributed by atoms with Gasteiger partial charge in [-0.2, -0.15) is 0 Å². The van der Waals surface area contributed by atoms with Gasteiger partial charge in [-0.05, 0) is 48.7 Å². The molecule has 3 aromatic rings. The fourth-order valence-electron chi connectivity index (χ4n) is 4.12. The van der Waals surface area contributed by atoms with Gasteiger partial charge in [0.25, 0.3) is 0 Å². The van der Waals surface area contributed by atoms with Crippen LogP contribution in [0, 0.1) is 5.82 Å². The molecule has 1 fully saturated rings. The van der Waals surface area contributed by atoms with Gasteiger partial charge in [-0.15, -0.1) is 0 Å². The quantitative estimate of drug-likeness (QED) is 0.680. The molecule has 2 aromatic carbocycles. The van der Waals surface area contributed by atoms with E-state index in [9.17, 15) is 14.0 Å². The summed E-state index contributed by atoms with van der Waals surface area (Å²) in [6.45, 7) is 0.384. The number of aromatic nitrogens is 2. The second-order valence-electron chi connectivity index (χ2n) is 7.08. The third kappa shape index (κ3) is 3.44. The van der Waals surface area contributed by atoms with E-state index in [1.807, 2.05) is 6.07 Å². The van der Waals surface area contributed by atoms with E-state index in [1.54, 1.807) is 27.7 Å². The molecular formula is C20H20ClFN4O3. The van der Waals surface area contributed by atoms with Crippen LogP contribution < -0.4 is 16.2 Å². The minimum absolute atomic E-state index is 0.191. The Morgan fingerprint density at radius 1 is 1.31 bits per heavy atom. The predicted molar refractivity (Wildman–Crippen MR) is 108 cm³/mol. The van der Waals surface area contributed by atoms with Crippen molar-refractivity contribution in [2.24, 2.45) is 5.73 Å². The second kappa shape index (κ2) is 7.44.